The molecule has 0 aliphatic carbocycles. The largest absolute Gasteiger partial charge is 0.490 e. The zero-order valence-electron chi connectivity index (χ0n) is 17.1. The van der Waals surface area contributed by atoms with Crippen LogP contribution >= 0.6 is 0 Å². The van der Waals surface area contributed by atoms with Crippen LogP contribution in [-0.4, -0.2) is 60.5 Å². The van der Waals surface area contributed by atoms with Crippen molar-refractivity contribution in [3.05, 3.63) is 54.1 Å². The first kappa shape index (κ1) is 23.7. The summed E-state index contributed by atoms with van der Waals surface area (Å²) < 4.78 is 31.7. The van der Waals surface area contributed by atoms with Crippen molar-refractivity contribution in [2.45, 2.75) is 31.6 Å². The number of halogens is 3. The average molecular weight is 424 g/mol. The summed E-state index contributed by atoms with van der Waals surface area (Å²) in [7, 11) is 4.12. The van der Waals surface area contributed by atoms with Gasteiger partial charge in [-0.25, -0.2) is 4.79 Å². The Hall–Kier alpha value is -2.58. The van der Waals surface area contributed by atoms with Crippen LogP contribution < -0.4 is 4.90 Å². The maximum absolute atomic E-state index is 10.6. The first-order valence-electron chi connectivity index (χ1n) is 9.63. The minimum atomic E-state index is -5.08. The van der Waals surface area contributed by atoms with Gasteiger partial charge < -0.3 is 15.1 Å². The first-order valence-corrected chi connectivity index (χ1v) is 9.63. The molecule has 0 spiro atoms. The molecule has 2 aromatic rings. The van der Waals surface area contributed by atoms with E-state index < -0.39 is 12.1 Å². The minimum Gasteiger partial charge on any atom is -0.475 e. The normalized spacial score (nSPS) is 16.7. The number of hydrogen-bond donors (Lipinski definition) is 2. The van der Waals surface area contributed by atoms with Gasteiger partial charge in [0.25, 0.3) is 0 Å². The number of likely N-dealkylation sites (tertiary alicyclic amines) is 1. The van der Waals surface area contributed by atoms with E-state index in [0.29, 0.717) is 6.04 Å². The number of carbonyl (C=O) groups is 1. The molecule has 1 fully saturated rings. The molecule has 8 heteroatoms. The number of nitrogens with zero attached hydrogens (tertiary/aromatic N) is 2. The van der Waals surface area contributed by atoms with E-state index in [1.165, 1.54) is 28.8 Å². The van der Waals surface area contributed by atoms with E-state index in [0.717, 1.165) is 19.5 Å². The topological polar surface area (TPSA) is 64.0 Å². The Morgan fingerprint density at radius 1 is 1.13 bits per heavy atom. The highest BCUT2D eigenvalue weighted by atomic mass is 19.4. The van der Waals surface area contributed by atoms with Gasteiger partial charge in [-0.1, -0.05) is 30.3 Å². The summed E-state index contributed by atoms with van der Waals surface area (Å²) in [5.41, 5.74) is 5.04. The van der Waals surface area contributed by atoms with Crippen LogP contribution in [0, 0.1) is 0 Å². The van der Waals surface area contributed by atoms with Gasteiger partial charge in [0.15, 0.2) is 0 Å². The molecular formula is C22H27F3N2O3. The van der Waals surface area contributed by atoms with Gasteiger partial charge in [-0.3, -0.25) is 4.90 Å². The maximum Gasteiger partial charge on any atom is 0.490 e. The van der Waals surface area contributed by atoms with Crippen molar-refractivity contribution < 1.29 is 28.2 Å². The second-order valence-electron chi connectivity index (χ2n) is 7.39. The van der Waals surface area contributed by atoms with Gasteiger partial charge in [0, 0.05) is 32.4 Å². The standard InChI is InChI=1S/C20H26N2O.C2HF3O2/c1-21(2)19-10-8-17(9-11-19)18-6-3-5-16(13-18)14-22-12-4-7-20(22)15-23;3-2(4,5)1(6)7/h3,5-6,8-11,13,20,23H,4,7,12,14-15H2,1-2H3;(H,6,7)/t20-;/m0./s1. The maximum atomic E-state index is 10.6. The Bertz CT molecular complexity index is 823. The summed E-state index contributed by atoms with van der Waals surface area (Å²) in [5, 5.41) is 16.6. The molecule has 1 atom stereocenters. The third kappa shape index (κ3) is 6.74. The van der Waals surface area contributed by atoms with Crippen LogP contribution in [0.5, 0.6) is 0 Å². The second kappa shape index (κ2) is 10.4. The van der Waals surface area contributed by atoms with E-state index in [4.69, 9.17) is 9.90 Å². The minimum absolute atomic E-state index is 0.270. The number of aliphatic hydroxyl groups excluding tert-OH is 1. The quantitative estimate of drug-likeness (QED) is 0.760. The first-order chi connectivity index (χ1) is 14.1. The molecule has 0 radical (unpaired) electrons. The molecular weight excluding hydrogens is 397 g/mol. The predicted octanol–water partition coefficient (Wildman–Crippen LogP) is 4.01. The van der Waals surface area contributed by atoms with Gasteiger partial charge >= 0.3 is 12.1 Å². The van der Waals surface area contributed by atoms with Gasteiger partial charge in [0.1, 0.15) is 0 Å². The molecule has 1 saturated heterocycles. The Balaban J connectivity index is 0.000000396. The molecule has 0 aromatic heterocycles. The van der Waals surface area contributed by atoms with Crippen molar-refractivity contribution in [3.63, 3.8) is 0 Å². The molecule has 0 amide bonds. The van der Waals surface area contributed by atoms with Gasteiger partial charge in [-0.2, -0.15) is 13.2 Å². The third-order valence-electron chi connectivity index (χ3n) is 4.98. The van der Waals surface area contributed by atoms with E-state index in [2.05, 4.69) is 72.4 Å². The summed E-state index contributed by atoms with van der Waals surface area (Å²) in [6, 6.07) is 17.8. The van der Waals surface area contributed by atoms with E-state index in [-0.39, 0.29) is 6.61 Å². The van der Waals surface area contributed by atoms with Crippen molar-refractivity contribution >= 4 is 11.7 Å². The highest BCUT2D eigenvalue weighted by Gasteiger charge is 2.38. The van der Waals surface area contributed by atoms with Crippen LogP contribution in [0.4, 0.5) is 18.9 Å². The SMILES string of the molecule is CN(C)c1ccc(-c2cccc(CN3CCC[C@H]3CO)c2)cc1.O=C(O)C(F)(F)F. The Morgan fingerprint density at radius 3 is 2.30 bits per heavy atom. The number of rotatable bonds is 5. The molecule has 1 heterocycles. The third-order valence-corrected chi connectivity index (χ3v) is 4.98. The van der Waals surface area contributed by atoms with E-state index in [1.807, 2.05) is 0 Å². The van der Waals surface area contributed by atoms with Crippen molar-refractivity contribution in [1.29, 1.82) is 0 Å². The van der Waals surface area contributed by atoms with Gasteiger partial charge in [0.05, 0.1) is 6.61 Å². The van der Waals surface area contributed by atoms with Gasteiger partial charge in [-0.15, -0.1) is 0 Å². The summed E-state index contributed by atoms with van der Waals surface area (Å²) >= 11 is 0. The van der Waals surface area contributed by atoms with Crippen LogP contribution in [-0.2, 0) is 11.3 Å². The molecule has 0 bridgehead atoms. The summed E-state index contributed by atoms with van der Waals surface area (Å²) in [5.74, 6) is -2.76. The fraction of sp³-hybridized carbons (Fsp3) is 0.409. The predicted molar refractivity (Wildman–Crippen MR) is 110 cm³/mol. The fourth-order valence-corrected chi connectivity index (χ4v) is 3.35. The van der Waals surface area contributed by atoms with E-state index in [1.54, 1.807) is 0 Å². The second-order valence-corrected chi connectivity index (χ2v) is 7.39. The number of carboxylic acids is 1. The highest BCUT2D eigenvalue weighted by Crippen LogP contribution is 2.25. The number of alkyl halides is 3. The van der Waals surface area contributed by atoms with Gasteiger partial charge in [0.2, 0.25) is 0 Å². The van der Waals surface area contributed by atoms with Crippen molar-refractivity contribution in [2.24, 2.45) is 0 Å². The van der Waals surface area contributed by atoms with Crippen LogP contribution in [0.3, 0.4) is 0 Å². The summed E-state index contributed by atoms with van der Waals surface area (Å²) in [4.78, 5) is 13.4. The number of aliphatic hydroxyl groups is 1. The van der Waals surface area contributed by atoms with E-state index >= 15 is 0 Å². The Kier molecular flexibility index (Phi) is 8.25. The van der Waals surface area contributed by atoms with E-state index in [9.17, 15) is 18.3 Å². The Labute approximate surface area is 174 Å². The lowest BCUT2D eigenvalue weighted by Gasteiger charge is -2.22. The molecule has 1 aliphatic rings. The average Bonchev–Trinajstić information content (AvgIpc) is 3.15. The zero-order valence-corrected chi connectivity index (χ0v) is 17.1. The van der Waals surface area contributed by atoms with Crippen LogP contribution in [0.2, 0.25) is 0 Å². The van der Waals surface area contributed by atoms with Crippen LogP contribution in [0.25, 0.3) is 11.1 Å². The molecule has 0 saturated carbocycles. The molecule has 0 unspecified atom stereocenters. The molecule has 164 valence electrons. The molecule has 2 N–H and O–H groups in total. The molecule has 30 heavy (non-hydrogen) atoms. The lowest BCUT2D eigenvalue weighted by molar-refractivity contribution is -0.192. The lowest BCUT2D eigenvalue weighted by Crippen LogP contribution is -2.31. The number of carboxylic acid groups (broad SMARTS) is 1. The molecule has 1 aliphatic heterocycles. The molecule has 2 aromatic carbocycles. The fourth-order valence-electron chi connectivity index (χ4n) is 3.35. The summed E-state index contributed by atoms with van der Waals surface area (Å²) in [6.45, 7) is 2.29. The molecule has 5 nitrogen and oxygen atoms in total. The lowest BCUT2D eigenvalue weighted by atomic mass is 10.0. The van der Waals surface area contributed by atoms with Gasteiger partial charge in [-0.05, 0) is 54.3 Å². The Morgan fingerprint density at radius 2 is 1.77 bits per heavy atom. The monoisotopic (exact) mass is 424 g/mol. The summed E-state index contributed by atoms with van der Waals surface area (Å²) in [6.07, 6.45) is -2.78. The van der Waals surface area contributed by atoms with Crippen molar-refractivity contribution in [2.75, 3.05) is 32.1 Å². The highest BCUT2D eigenvalue weighted by molar-refractivity contribution is 5.73. The number of aliphatic carboxylic acids is 1. The van der Waals surface area contributed by atoms with Crippen LogP contribution in [0.15, 0.2) is 48.5 Å². The van der Waals surface area contributed by atoms with Crippen LogP contribution in [0.1, 0.15) is 18.4 Å². The molecule has 3 rings (SSSR count). The van der Waals surface area contributed by atoms with Crippen molar-refractivity contribution in [1.82, 2.24) is 4.90 Å². The zero-order chi connectivity index (χ0) is 22.3. The number of hydrogen-bond acceptors (Lipinski definition) is 4. The number of benzene rings is 2. The van der Waals surface area contributed by atoms with Crippen molar-refractivity contribution in [3.8, 4) is 11.1 Å². The smallest absolute Gasteiger partial charge is 0.475 e. The number of anilines is 1.